The van der Waals surface area contributed by atoms with Crippen LogP contribution in [0, 0.1) is 5.82 Å². The Labute approximate surface area is 104 Å². The highest BCUT2D eigenvalue weighted by Crippen LogP contribution is 2.17. The number of hydrogen-bond acceptors (Lipinski definition) is 4. The van der Waals surface area contributed by atoms with Crippen molar-refractivity contribution in [3.05, 3.63) is 29.6 Å². The van der Waals surface area contributed by atoms with Crippen LogP contribution in [0.25, 0.3) is 0 Å². The molecule has 0 aromatic heterocycles. The average molecular weight is 254 g/mol. The van der Waals surface area contributed by atoms with Gasteiger partial charge in [0, 0.05) is 25.1 Å². The number of carbonyl (C=O) groups is 1. The molecule has 98 valence electrons. The Morgan fingerprint density at radius 3 is 3.00 bits per heavy atom. The largest absolute Gasteiger partial charge is 0.396 e. The summed E-state index contributed by atoms with van der Waals surface area (Å²) in [7, 11) is 0. The van der Waals surface area contributed by atoms with Crippen LogP contribution in [-0.4, -0.2) is 36.4 Å². The predicted octanol–water partition coefficient (Wildman–Crippen LogP) is 0.289. The Bertz CT molecular complexity index is 459. The standard InChI is InChI=1S/C12H15FN2O3/c13-9-2-1-8(5-10(9)14)11(16)15-6-12(17)3-4-18-7-12/h1-2,5,17H,3-4,6-7,14H2,(H,15,16). The fraction of sp³-hybridized carbons (Fsp3) is 0.417. The van der Waals surface area contributed by atoms with E-state index in [1.807, 2.05) is 0 Å². The predicted molar refractivity (Wildman–Crippen MR) is 63.5 cm³/mol. The maximum Gasteiger partial charge on any atom is 0.251 e. The summed E-state index contributed by atoms with van der Waals surface area (Å²) >= 11 is 0. The molecular formula is C12H15FN2O3. The molecule has 0 spiro atoms. The zero-order valence-corrected chi connectivity index (χ0v) is 9.78. The van der Waals surface area contributed by atoms with E-state index in [1.54, 1.807) is 0 Å². The van der Waals surface area contributed by atoms with E-state index in [2.05, 4.69) is 5.32 Å². The SMILES string of the molecule is Nc1cc(C(=O)NCC2(O)CCOC2)ccc1F. The number of halogens is 1. The third-order valence-electron chi connectivity index (χ3n) is 2.92. The minimum absolute atomic E-state index is 0.0782. The lowest BCUT2D eigenvalue weighted by Gasteiger charge is -2.20. The first-order chi connectivity index (χ1) is 8.50. The van der Waals surface area contributed by atoms with Gasteiger partial charge in [-0.3, -0.25) is 4.79 Å². The quantitative estimate of drug-likeness (QED) is 0.677. The number of aliphatic hydroxyl groups is 1. The minimum atomic E-state index is -1.01. The second kappa shape index (κ2) is 4.91. The molecule has 1 aliphatic heterocycles. The lowest BCUT2D eigenvalue weighted by Crippen LogP contribution is -2.43. The first-order valence-corrected chi connectivity index (χ1v) is 5.63. The van der Waals surface area contributed by atoms with Crippen molar-refractivity contribution in [2.24, 2.45) is 0 Å². The van der Waals surface area contributed by atoms with Crippen LogP contribution in [0.4, 0.5) is 10.1 Å². The molecule has 1 amide bonds. The number of ether oxygens (including phenoxy) is 1. The first kappa shape index (κ1) is 12.8. The molecule has 1 aromatic carbocycles. The molecule has 0 saturated carbocycles. The van der Waals surface area contributed by atoms with Gasteiger partial charge in [-0.1, -0.05) is 0 Å². The van der Waals surface area contributed by atoms with Crippen molar-refractivity contribution < 1.29 is 19.0 Å². The monoisotopic (exact) mass is 254 g/mol. The highest BCUT2D eigenvalue weighted by atomic mass is 19.1. The molecule has 1 aliphatic rings. The molecular weight excluding hydrogens is 239 g/mol. The van der Waals surface area contributed by atoms with E-state index in [9.17, 15) is 14.3 Å². The first-order valence-electron chi connectivity index (χ1n) is 5.63. The van der Waals surface area contributed by atoms with Crippen molar-refractivity contribution in [1.29, 1.82) is 0 Å². The molecule has 1 aromatic rings. The Morgan fingerprint density at radius 1 is 1.61 bits per heavy atom. The normalized spacial score (nSPS) is 23.0. The van der Waals surface area contributed by atoms with Gasteiger partial charge < -0.3 is 20.9 Å². The van der Waals surface area contributed by atoms with E-state index in [0.717, 1.165) is 6.07 Å². The summed E-state index contributed by atoms with van der Waals surface area (Å²) in [5, 5.41) is 12.5. The molecule has 1 fully saturated rings. The summed E-state index contributed by atoms with van der Waals surface area (Å²) in [5.74, 6) is -0.962. The Hall–Kier alpha value is -1.66. The van der Waals surface area contributed by atoms with E-state index in [-0.39, 0.29) is 24.4 Å². The highest BCUT2D eigenvalue weighted by Gasteiger charge is 2.32. The number of carbonyl (C=O) groups excluding carboxylic acids is 1. The zero-order chi connectivity index (χ0) is 13.2. The number of nitrogens with one attached hydrogen (secondary N) is 1. The summed E-state index contributed by atoms with van der Waals surface area (Å²) in [5.41, 5.74) is 4.55. The minimum Gasteiger partial charge on any atom is -0.396 e. The van der Waals surface area contributed by atoms with E-state index in [1.165, 1.54) is 12.1 Å². The highest BCUT2D eigenvalue weighted by molar-refractivity contribution is 5.95. The summed E-state index contributed by atoms with van der Waals surface area (Å²) < 4.78 is 18.0. The molecule has 4 N–H and O–H groups in total. The molecule has 1 atom stereocenters. The number of hydrogen-bond donors (Lipinski definition) is 3. The van der Waals surface area contributed by atoms with Crippen LogP contribution in [0.2, 0.25) is 0 Å². The molecule has 0 bridgehead atoms. The van der Waals surface area contributed by atoms with Gasteiger partial charge in [0.15, 0.2) is 0 Å². The molecule has 1 heterocycles. The van der Waals surface area contributed by atoms with E-state index < -0.39 is 17.3 Å². The molecule has 1 unspecified atom stereocenters. The van der Waals surface area contributed by atoms with Crippen LogP contribution < -0.4 is 11.1 Å². The van der Waals surface area contributed by atoms with Crippen LogP contribution >= 0.6 is 0 Å². The fourth-order valence-corrected chi connectivity index (χ4v) is 1.77. The molecule has 18 heavy (non-hydrogen) atoms. The molecule has 0 radical (unpaired) electrons. The maximum absolute atomic E-state index is 12.9. The number of amides is 1. The number of anilines is 1. The van der Waals surface area contributed by atoms with Gasteiger partial charge in [-0.25, -0.2) is 4.39 Å². The summed E-state index contributed by atoms with van der Waals surface area (Å²) in [4.78, 5) is 11.8. The Kier molecular flexibility index (Phi) is 3.49. The molecule has 1 saturated heterocycles. The van der Waals surface area contributed by atoms with Crippen LogP contribution in [0.3, 0.4) is 0 Å². The number of nitrogen functional groups attached to an aromatic ring is 1. The van der Waals surface area contributed by atoms with E-state index >= 15 is 0 Å². The van der Waals surface area contributed by atoms with E-state index in [4.69, 9.17) is 10.5 Å². The third-order valence-corrected chi connectivity index (χ3v) is 2.92. The van der Waals surface area contributed by atoms with Gasteiger partial charge >= 0.3 is 0 Å². The summed E-state index contributed by atoms with van der Waals surface area (Å²) in [6.07, 6.45) is 0.485. The Morgan fingerprint density at radius 2 is 2.39 bits per heavy atom. The van der Waals surface area contributed by atoms with Gasteiger partial charge in [-0.15, -0.1) is 0 Å². The molecule has 6 heteroatoms. The molecule has 2 rings (SSSR count). The molecule has 0 aliphatic carbocycles. The van der Waals surface area contributed by atoms with Gasteiger partial charge in [-0.2, -0.15) is 0 Å². The van der Waals surface area contributed by atoms with Crippen molar-refractivity contribution in [1.82, 2.24) is 5.32 Å². The van der Waals surface area contributed by atoms with Crippen molar-refractivity contribution in [3.63, 3.8) is 0 Å². The molecule has 5 nitrogen and oxygen atoms in total. The van der Waals surface area contributed by atoms with Gasteiger partial charge in [0.1, 0.15) is 11.4 Å². The number of nitrogens with two attached hydrogens (primary N) is 1. The lowest BCUT2D eigenvalue weighted by atomic mass is 10.0. The van der Waals surface area contributed by atoms with Crippen molar-refractivity contribution >= 4 is 11.6 Å². The van der Waals surface area contributed by atoms with Crippen molar-refractivity contribution in [3.8, 4) is 0 Å². The summed E-state index contributed by atoms with van der Waals surface area (Å²) in [6.45, 7) is 0.790. The van der Waals surface area contributed by atoms with Crippen LogP contribution in [0.5, 0.6) is 0 Å². The van der Waals surface area contributed by atoms with Gasteiger partial charge in [0.25, 0.3) is 5.91 Å². The number of benzene rings is 1. The van der Waals surface area contributed by atoms with Gasteiger partial charge in [-0.05, 0) is 18.2 Å². The Balaban J connectivity index is 1.97. The zero-order valence-electron chi connectivity index (χ0n) is 9.78. The smallest absolute Gasteiger partial charge is 0.251 e. The van der Waals surface area contributed by atoms with Gasteiger partial charge in [0.05, 0.1) is 12.3 Å². The lowest BCUT2D eigenvalue weighted by molar-refractivity contribution is 0.0264. The fourth-order valence-electron chi connectivity index (χ4n) is 1.77. The van der Waals surface area contributed by atoms with Gasteiger partial charge in [0.2, 0.25) is 0 Å². The second-order valence-electron chi connectivity index (χ2n) is 4.45. The summed E-state index contributed by atoms with van der Waals surface area (Å²) in [6, 6.07) is 3.74. The number of rotatable bonds is 3. The van der Waals surface area contributed by atoms with Crippen LogP contribution in [-0.2, 0) is 4.74 Å². The third kappa shape index (κ3) is 2.77. The second-order valence-corrected chi connectivity index (χ2v) is 4.45. The van der Waals surface area contributed by atoms with Crippen molar-refractivity contribution in [2.75, 3.05) is 25.5 Å². The van der Waals surface area contributed by atoms with E-state index in [0.29, 0.717) is 13.0 Å². The average Bonchev–Trinajstić information content (AvgIpc) is 2.77. The van der Waals surface area contributed by atoms with Crippen LogP contribution in [0.15, 0.2) is 18.2 Å². The van der Waals surface area contributed by atoms with Crippen LogP contribution in [0.1, 0.15) is 16.8 Å². The topological polar surface area (TPSA) is 84.6 Å². The van der Waals surface area contributed by atoms with Crippen molar-refractivity contribution in [2.45, 2.75) is 12.0 Å². The maximum atomic E-state index is 12.9.